The fraction of sp³-hybridized carbons (Fsp3) is 0.333. The van der Waals surface area contributed by atoms with Crippen molar-refractivity contribution in [3.05, 3.63) is 58.6 Å². The third kappa shape index (κ3) is 4.48. The molecule has 21 heavy (non-hydrogen) atoms. The highest BCUT2D eigenvalue weighted by atomic mass is 35.5. The Morgan fingerprint density at radius 3 is 2.76 bits per heavy atom. The van der Waals surface area contributed by atoms with Crippen LogP contribution in [0.25, 0.3) is 0 Å². The van der Waals surface area contributed by atoms with Gasteiger partial charge in [0.1, 0.15) is 11.5 Å². The molecule has 0 saturated heterocycles. The minimum absolute atomic E-state index is 0.314. The molecule has 1 N–H and O–H groups in total. The van der Waals surface area contributed by atoms with Crippen LogP contribution in [0.3, 0.4) is 0 Å². The van der Waals surface area contributed by atoms with Gasteiger partial charge in [-0.2, -0.15) is 0 Å². The molecular weight excluding hydrogens is 282 g/mol. The molecule has 1 unspecified atom stereocenters. The number of rotatable bonds is 6. The van der Waals surface area contributed by atoms with E-state index >= 15 is 0 Å². The average Bonchev–Trinajstić information content (AvgIpc) is 2.49. The van der Waals surface area contributed by atoms with Gasteiger partial charge in [-0.3, -0.25) is 0 Å². The first-order chi connectivity index (χ1) is 10.1. The van der Waals surface area contributed by atoms with Gasteiger partial charge in [0, 0.05) is 11.1 Å². The number of hydrogen-bond donors (Lipinski definition) is 1. The van der Waals surface area contributed by atoms with Crippen LogP contribution >= 0.6 is 11.6 Å². The number of halogens is 1. The molecule has 0 heterocycles. The number of hydrogen-bond acceptors (Lipinski definition) is 2. The summed E-state index contributed by atoms with van der Waals surface area (Å²) in [6.45, 7) is 7.36. The van der Waals surface area contributed by atoms with Gasteiger partial charge in [-0.05, 0) is 62.2 Å². The van der Waals surface area contributed by atoms with Crippen molar-refractivity contribution in [3.8, 4) is 11.5 Å². The standard InChI is InChI=1S/C18H22ClNO/c1-4-10-20-14(3)15-6-5-7-17(11-15)21-18-12-16(19)9-8-13(18)2/h5-9,11-12,14,20H,4,10H2,1-3H3. The maximum atomic E-state index is 6.03. The molecule has 0 aliphatic rings. The zero-order chi connectivity index (χ0) is 15.2. The molecule has 2 rings (SSSR count). The van der Waals surface area contributed by atoms with Crippen molar-refractivity contribution in [1.82, 2.24) is 5.32 Å². The summed E-state index contributed by atoms with van der Waals surface area (Å²) in [6.07, 6.45) is 1.13. The van der Waals surface area contributed by atoms with Crippen molar-refractivity contribution in [2.24, 2.45) is 0 Å². The summed E-state index contributed by atoms with van der Waals surface area (Å²) in [5.41, 5.74) is 2.29. The molecule has 0 aromatic heterocycles. The van der Waals surface area contributed by atoms with E-state index in [2.05, 4.69) is 31.3 Å². The summed E-state index contributed by atoms with van der Waals surface area (Å²) < 4.78 is 5.97. The number of nitrogens with one attached hydrogen (secondary N) is 1. The van der Waals surface area contributed by atoms with Crippen LogP contribution in [0, 0.1) is 6.92 Å². The van der Waals surface area contributed by atoms with Gasteiger partial charge in [0.2, 0.25) is 0 Å². The summed E-state index contributed by atoms with van der Waals surface area (Å²) in [6, 6.07) is 14.2. The molecule has 0 bridgehead atoms. The SMILES string of the molecule is CCCNC(C)c1cccc(Oc2cc(Cl)ccc2C)c1. The second-order valence-corrected chi connectivity index (χ2v) is 5.70. The van der Waals surface area contributed by atoms with Gasteiger partial charge >= 0.3 is 0 Å². The molecular formula is C18H22ClNO. The van der Waals surface area contributed by atoms with Crippen molar-refractivity contribution >= 4 is 11.6 Å². The van der Waals surface area contributed by atoms with Crippen molar-refractivity contribution in [1.29, 1.82) is 0 Å². The number of ether oxygens (including phenoxy) is 1. The first-order valence-corrected chi connectivity index (χ1v) is 7.75. The van der Waals surface area contributed by atoms with E-state index in [1.54, 1.807) is 0 Å². The molecule has 2 aromatic carbocycles. The summed E-state index contributed by atoms with van der Waals surface area (Å²) in [4.78, 5) is 0. The van der Waals surface area contributed by atoms with Crippen molar-refractivity contribution in [2.45, 2.75) is 33.2 Å². The lowest BCUT2D eigenvalue weighted by Gasteiger charge is -2.15. The van der Waals surface area contributed by atoms with Crippen LogP contribution < -0.4 is 10.1 Å². The number of aryl methyl sites for hydroxylation is 1. The molecule has 2 aromatic rings. The molecule has 0 aliphatic carbocycles. The van der Waals surface area contributed by atoms with E-state index in [-0.39, 0.29) is 0 Å². The van der Waals surface area contributed by atoms with Crippen molar-refractivity contribution in [3.63, 3.8) is 0 Å². The lowest BCUT2D eigenvalue weighted by atomic mass is 10.1. The Bertz CT molecular complexity index is 598. The fourth-order valence-electron chi connectivity index (χ4n) is 2.14. The maximum Gasteiger partial charge on any atom is 0.131 e. The highest BCUT2D eigenvalue weighted by Crippen LogP contribution is 2.29. The Hall–Kier alpha value is -1.51. The van der Waals surface area contributed by atoms with Crippen LogP contribution in [-0.2, 0) is 0 Å². The quantitative estimate of drug-likeness (QED) is 0.760. The largest absolute Gasteiger partial charge is 0.457 e. The van der Waals surface area contributed by atoms with E-state index in [1.807, 2.05) is 37.3 Å². The van der Waals surface area contributed by atoms with Crippen LogP contribution in [0.5, 0.6) is 11.5 Å². The number of benzene rings is 2. The highest BCUT2D eigenvalue weighted by molar-refractivity contribution is 6.30. The molecule has 0 fully saturated rings. The summed E-state index contributed by atoms with van der Waals surface area (Å²) >= 11 is 6.03. The Morgan fingerprint density at radius 2 is 2.00 bits per heavy atom. The molecule has 2 nitrogen and oxygen atoms in total. The highest BCUT2D eigenvalue weighted by Gasteiger charge is 2.07. The molecule has 3 heteroatoms. The monoisotopic (exact) mass is 303 g/mol. The average molecular weight is 304 g/mol. The van der Waals surface area contributed by atoms with E-state index in [0.29, 0.717) is 11.1 Å². The van der Waals surface area contributed by atoms with Gasteiger partial charge in [-0.25, -0.2) is 0 Å². The van der Waals surface area contributed by atoms with Gasteiger partial charge in [-0.15, -0.1) is 0 Å². The third-order valence-corrected chi connectivity index (χ3v) is 3.67. The van der Waals surface area contributed by atoms with Gasteiger partial charge in [0.15, 0.2) is 0 Å². The predicted octanol–water partition coefficient (Wildman–Crippen LogP) is 5.50. The predicted molar refractivity (Wildman–Crippen MR) is 89.4 cm³/mol. The van der Waals surface area contributed by atoms with E-state index in [4.69, 9.17) is 16.3 Å². The lowest BCUT2D eigenvalue weighted by Crippen LogP contribution is -2.19. The minimum Gasteiger partial charge on any atom is -0.457 e. The van der Waals surface area contributed by atoms with Gasteiger partial charge < -0.3 is 10.1 Å². The van der Waals surface area contributed by atoms with E-state index in [0.717, 1.165) is 30.0 Å². The van der Waals surface area contributed by atoms with E-state index < -0.39 is 0 Å². The molecule has 112 valence electrons. The Balaban J connectivity index is 2.15. The Kier molecular flexibility index (Phi) is 5.66. The zero-order valence-corrected chi connectivity index (χ0v) is 13.6. The normalized spacial score (nSPS) is 12.2. The summed E-state index contributed by atoms with van der Waals surface area (Å²) in [5, 5.41) is 4.17. The molecule has 0 spiro atoms. The van der Waals surface area contributed by atoms with Crippen LogP contribution in [0.1, 0.15) is 37.4 Å². The van der Waals surface area contributed by atoms with Crippen LogP contribution in [0.15, 0.2) is 42.5 Å². The Morgan fingerprint density at radius 1 is 1.19 bits per heavy atom. The summed E-state index contributed by atoms with van der Waals surface area (Å²) in [5.74, 6) is 1.64. The first kappa shape index (κ1) is 15.9. The van der Waals surface area contributed by atoms with Crippen LogP contribution in [-0.4, -0.2) is 6.54 Å². The first-order valence-electron chi connectivity index (χ1n) is 7.37. The smallest absolute Gasteiger partial charge is 0.131 e. The van der Waals surface area contributed by atoms with Crippen molar-refractivity contribution in [2.75, 3.05) is 6.54 Å². The molecule has 0 amide bonds. The molecule has 1 atom stereocenters. The molecule has 0 saturated carbocycles. The van der Waals surface area contributed by atoms with E-state index in [1.165, 1.54) is 5.56 Å². The van der Waals surface area contributed by atoms with Crippen LogP contribution in [0.4, 0.5) is 0 Å². The third-order valence-electron chi connectivity index (χ3n) is 3.44. The second-order valence-electron chi connectivity index (χ2n) is 5.26. The van der Waals surface area contributed by atoms with Gasteiger partial charge in [0.05, 0.1) is 0 Å². The lowest BCUT2D eigenvalue weighted by molar-refractivity contribution is 0.476. The molecule has 0 aliphatic heterocycles. The topological polar surface area (TPSA) is 21.3 Å². The minimum atomic E-state index is 0.314. The van der Waals surface area contributed by atoms with Crippen LogP contribution in [0.2, 0.25) is 5.02 Å². The zero-order valence-electron chi connectivity index (χ0n) is 12.8. The second kappa shape index (κ2) is 7.48. The summed E-state index contributed by atoms with van der Waals surface area (Å²) in [7, 11) is 0. The molecule has 0 radical (unpaired) electrons. The maximum absolute atomic E-state index is 6.03. The van der Waals surface area contributed by atoms with Crippen molar-refractivity contribution < 1.29 is 4.74 Å². The van der Waals surface area contributed by atoms with Gasteiger partial charge in [0.25, 0.3) is 0 Å². The van der Waals surface area contributed by atoms with E-state index in [9.17, 15) is 0 Å². The fourth-order valence-corrected chi connectivity index (χ4v) is 2.30. The Labute approximate surface area is 132 Å². The van der Waals surface area contributed by atoms with Gasteiger partial charge in [-0.1, -0.05) is 36.7 Å².